The van der Waals surface area contributed by atoms with Crippen molar-refractivity contribution in [2.24, 2.45) is 5.92 Å². The molecule has 8 heteroatoms. The first-order valence-electron chi connectivity index (χ1n) is 12.1. The summed E-state index contributed by atoms with van der Waals surface area (Å²) in [7, 11) is 1.61. The normalized spacial score (nSPS) is 22.0. The van der Waals surface area contributed by atoms with E-state index in [1.54, 1.807) is 7.05 Å². The van der Waals surface area contributed by atoms with Crippen LogP contribution in [0.1, 0.15) is 42.7 Å². The molecule has 2 fully saturated rings. The Kier molecular flexibility index (Phi) is 6.23. The van der Waals surface area contributed by atoms with Gasteiger partial charge >= 0.3 is 12.1 Å². The van der Waals surface area contributed by atoms with Gasteiger partial charge in [0.1, 0.15) is 12.5 Å². The first kappa shape index (κ1) is 23.4. The molecule has 1 heterocycles. The number of carbonyl (C=O) groups excluding carboxylic acids is 2. The van der Waals surface area contributed by atoms with Crippen LogP contribution in [0, 0.1) is 5.92 Å². The molecule has 184 valence electrons. The number of fused-ring (bicyclic) bond motifs is 3. The molecule has 2 aromatic rings. The molecule has 2 atom stereocenters. The van der Waals surface area contributed by atoms with E-state index in [1.165, 1.54) is 4.90 Å². The smallest absolute Gasteiger partial charge is 0.407 e. The fourth-order valence-corrected chi connectivity index (χ4v) is 5.56. The van der Waals surface area contributed by atoms with E-state index in [-0.39, 0.29) is 38.1 Å². The Bertz CT molecular complexity index is 1100. The van der Waals surface area contributed by atoms with Crippen LogP contribution in [0.5, 0.6) is 0 Å². The van der Waals surface area contributed by atoms with Gasteiger partial charge in [-0.25, -0.2) is 4.79 Å². The van der Waals surface area contributed by atoms with Gasteiger partial charge in [-0.3, -0.25) is 9.59 Å². The third-order valence-corrected chi connectivity index (χ3v) is 7.77. The van der Waals surface area contributed by atoms with Crippen molar-refractivity contribution in [1.82, 2.24) is 10.2 Å². The minimum atomic E-state index is -0.970. The number of nitrogens with one attached hydrogen (secondary N) is 1. The minimum absolute atomic E-state index is 0.0337. The van der Waals surface area contributed by atoms with Crippen molar-refractivity contribution in [1.29, 1.82) is 0 Å². The van der Waals surface area contributed by atoms with Crippen LogP contribution in [0.15, 0.2) is 48.5 Å². The van der Waals surface area contributed by atoms with Gasteiger partial charge in [0.05, 0.1) is 31.2 Å². The zero-order valence-electron chi connectivity index (χ0n) is 19.7. The number of likely N-dealkylation sites (N-methyl/N-ethyl adjacent to an activating group) is 1. The summed E-state index contributed by atoms with van der Waals surface area (Å²) in [6.07, 6.45) is 1.84. The van der Waals surface area contributed by atoms with Crippen LogP contribution < -0.4 is 5.32 Å². The molecule has 1 saturated carbocycles. The van der Waals surface area contributed by atoms with Crippen molar-refractivity contribution < 1.29 is 29.0 Å². The largest absolute Gasteiger partial charge is 0.481 e. The van der Waals surface area contributed by atoms with Gasteiger partial charge in [0.2, 0.25) is 5.91 Å². The topological polar surface area (TPSA) is 105 Å². The monoisotopic (exact) mass is 478 g/mol. The maximum atomic E-state index is 13.0. The van der Waals surface area contributed by atoms with E-state index in [9.17, 15) is 19.5 Å². The van der Waals surface area contributed by atoms with Gasteiger partial charge < -0.3 is 24.8 Å². The van der Waals surface area contributed by atoms with E-state index in [0.717, 1.165) is 28.7 Å². The number of carboxylic acid groups (broad SMARTS) is 1. The molecule has 2 aliphatic carbocycles. The van der Waals surface area contributed by atoms with Gasteiger partial charge in [-0.1, -0.05) is 48.5 Å². The summed E-state index contributed by atoms with van der Waals surface area (Å²) in [6, 6.07) is 15.8. The van der Waals surface area contributed by atoms with Crippen LogP contribution in [-0.2, 0) is 19.1 Å². The van der Waals surface area contributed by atoms with E-state index in [2.05, 4.69) is 29.6 Å². The molecule has 2 unspecified atom stereocenters. The van der Waals surface area contributed by atoms with Crippen molar-refractivity contribution in [2.45, 2.75) is 43.2 Å². The van der Waals surface area contributed by atoms with Gasteiger partial charge in [-0.2, -0.15) is 0 Å². The van der Waals surface area contributed by atoms with Crippen molar-refractivity contribution in [2.75, 3.05) is 26.9 Å². The molecule has 3 aliphatic rings. The average molecular weight is 479 g/mol. The summed E-state index contributed by atoms with van der Waals surface area (Å²) in [4.78, 5) is 38.8. The lowest BCUT2D eigenvalue weighted by Gasteiger charge is -2.43. The Hall–Kier alpha value is -3.39. The highest BCUT2D eigenvalue weighted by atomic mass is 16.5. The summed E-state index contributed by atoms with van der Waals surface area (Å²) in [5.74, 6) is -1.95. The van der Waals surface area contributed by atoms with Crippen molar-refractivity contribution in [3.05, 3.63) is 59.7 Å². The molecule has 0 aromatic heterocycles. The zero-order valence-corrected chi connectivity index (χ0v) is 19.7. The molecule has 8 nitrogen and oxygen atoms in total. The Morgan fingerprint density at radius 2 is 1.69 bits per heavy atom. The second-order valence-corrected chi connectivity index (χ2v) is 9.82. The summed E-state index contributed by atoms with van der Waals surface area (Å²) in [5.41, 5.74) is 3.95. The highest BCUT2D eigenvalue weighted by molar-refractivity contribution is 5.81. The molecule has 2 N–H and O–H groups in total. The molecule has 2 amide bonds. The number of nitrogens with zero attached hydrogens (tertiary/aromatic N) is 1. The lowest BCUT2D eigenvalue weighted by molar-refractivity contribution is -0.144. The van der Waals surface area contributed by atoms with Gasteiger partial charge in [0.15, 0.2) is 0 Å². The number of alkyl carbamates (subject to hydrolysis) is 1. The van der Waals surface area contributed by atoms with Crippen molar-refractivity contribution in [3.8, 4) is 11.1 Å². The number of rotatable bonds is 7. The maximum Gasteiger partial charge on any atom is 0.407 e. The fourth-order valence-electron chi connectivity index (χ4n) is 5.56. The molecule has 0 spiro atoms. The van der Waals surface area contributed by atoms with E-state index in [0.29, 0.717) is 12.8 Å². The van der Waals surface area contributed by atoms with Gasteiger partial charge in [0, 0.05) is 13.0 Å². The molecule has 1 aliphatic heterocycles. The van der Waals surface area contributed by atoms with E-state index < -0.39 is 29.6 Å². The predicted molar refractivity (Wildman–Crippen MR) is 128 cm³/mol. The van der Waals surface area contributed by atoms with Crippen LogP contribution in [-0.4, -0.2) is 66.4 Å². The maximum absolute atomic E-state index is 13.0. The molecule has 0 bridgehead atoms. The van der Waals surface area contributed by atoms with E-state index in [1.807, 2.05) is 24.3 Å². The van der Waals surface area contributed by atoms with Crippen LogP contribution >= 0.6 is 0 Å². The van der Waals surface area contributed by atoms with Crippen LogP contribution in [0.4, 0.5) is 4.79 Å². The first-order chi connectivity index (χ1) is 16.9. The van der Waals surface area contributed by atoms with Crippen LogP contribution in [0.3, 0.4) is 0 Å². The summed E-state index contributed by atoms with van der Waals surface area (Å²) in [6.45, 7) is 0.510. The molecule has 5 rings (SSSR count). The Labute approximate surface area is 204 Å². The molecular formula is C27H30N2O6. The third kappa shape index (κ3) is 4.38. The standard InChI is InChI=1S/C27H30N2O6/c1-29(23-16-34-14-22(23)25(31)32)24(30)13-27(11-6-12-27)28-26(33)35-15-21-19-9-4-2-7-17(19)18-8-3-5-10-20(18)21/h2-5,7-10,21-23H,6,11-16H2,1H3,(H,28,33)(H,31,32). The number of aliphatic carboxylic acids is 1. The Morgan fingerprint density at radius 1 is 1.06 bits per heavy atom. The SMILES string of the molecule is CN(C(=O)CC1(NC(=O)OCC2c3ccccc3-c3ccccc32)CCC1)C1COCC1C(=O)O. The molecule has 1 saturated heterocycles. The quantitative estimate of drug-likeness (QED) is 0.632. The zero-order chi connectivity index (χ0) is 24.6. The summed E-state index contributed by atoms with van der Waals surface area (Å²) >= 11 is 0. The highest BCUT2D eigenvalue weighted by Crippen LogP contribution is 2.44. The molecule has 35 heavy (non-hydrogen) atoms. The number of ether oxygens (including phenoxy) is 2. The predicted octanol–water partition coefficient (Wildman–Crippen LogP) is 3.40. The lowest BCUT2D eigenvalue weighted by Crippen LogP contribution is -2.57. The summed E-state index contributed by atoms with van der Waals surface area (Å²) < 4.78 is 11.0. The van der Waals surface area contributed by atoms with Gasteiger partial charge in [-0.05, 0) is 41.5 Å². The van der Waals surface area contributed by atoms with Crippen molar-refractivity contribution in [3.63, 3.8) is 0 Å². The Balaban J connectivity index is 1.21. The second kappa shape index (κ2) is 9.34. The van der Waals surface area contributed by atoms with Crippen molar-refractivity contribution >= 4 is 18.0 Å². The fraction of sp³-hybridized carbons (Fsp3) is 0.444. The lowest BCUT2D eigenvalue weighted by atomic mass is 9.74. The molecule has 2 aromatic carbocycles. The van der Waals surface area contributed by atoms with Crippen LogP contribution in [0.25, 0.3) is 11.1 Å². The average Bonchev–Trinajstić information content (AvgIpc) is 3.44. The third-order valence-electron chi connectivity index (χ3n) is 7.77. The first-order valence-corrected chi connectivity index (χ1v) is 12.1. The molecular weight excluding hydrogens is 448 g/mol. The summed E-state index contributed by atoms with van der Waals surface area (Å²) in [5, 5.41) is 12.4. The Morgan fingerprint density at radius 3 is 2.26 bits per heavy atom. The highest BCUT2D eigenvalue weighted by Gasteiger charge is 2.44. The minimum Gasteiger partial charge on any atom is -0.481 e. The van der Waals surface area contributed by atoms with Crippen LogP contribution in [0.2, 0.25) is 0 Å². The number of carbonyl (C=O) groups is 3. The van der Waals surface area contributed by atoms with E-state index >= 15 is 0 Å². The molecule has 0 radical (unpaired) electrons. The number of carboxylic acids is 1. The number of benzene rings is 2. The second-order valence-electron chi connectivity index (χ2n) is 9.82. The number of hydrogen-bond acceptors (Lipinski definition) is 5. The number of hydrogen-bond donors (Lipinski definition) is 2. The van der Waals surface area contributed by atoms with Gasteiger partial charge in [0.25, 0.3) is 0 Å². The van der Waals surface area contributed by atoms with E-state index in [4.69, 9.17) is 9.47 Å². The van der Waals surface area contributed by atoms with Gasteiger partial charge in [-0.15, -0.1) is 0 Å². The number of amides is 2.